The molecule has 0 atom stereocenters. The average Bonchev–Trinajstić information content (AvgIpc) is 2.09. The van der Waals surface area contributed by atoms with E-state index in [0.717, 1.165) is 24.7 Å². The molecule has 12 heavy (non-hydrogen) atoms. The molecular weight excluding hydrogens is 347 g/mol. The summed E-state index contributed by atoms with van der Waals surface area (Å²) in [6, 6.07) is 6.38. The molecule has 0 aliphatic heterocycles. The second-order valence-electron chi connectivity index (χ2n) is 2.67. The Hall–Kier alpha value is 0.0231. The van der Waals surface area contributed by atoms with Crippen molar-refractivity contribution < 1.29 is 4.74 Å². The topological polar surface area (TPSA) is 35.2 Å². The molecule has 0 bridgehead atoms. The Morgan fingerprint density at radius 3 is 2.83 bits per heavy atom. The van der Waals surface area contributed by atoms with Crippen molar-refractivity contribution in [3.8, 4) is 0 Å². The van der Waals surface area contributed by atoms with E-state index in [1.165, 1.54) is 14.4 Å². The Bertz CT molecular complexity index is 263. The average molecular weight is 361 g/mol. The van der Waals surface area contributed by atoms with E-state index in [4.69, 9.17) is 10.5 Å². The van der Waals surface area contributed by atoms with Crippen molar-refractivity contribution in [2.75, 3.05) is 7.11 Å². The molecule has 1 aromatic carbocycles. The van der Waals surface area contributed by atoms with Crippen LogP contribution in [0.25, 0.3) is 0 Å². The van der Waals surface area contributed by atoms with Crippen LogP contribution in [0.1, 0.15) is 11.1 Å². The Kier molecular flexibility index (Phi) is 4.13. The Morgan fingerprint density at radius 1 is 1.50 bits per heavy atom. The standard InChI is InChI=1S/C9H12NO.Bi.2H/c1-11-7-9-4-2-3-8(5-9)6-10;;;/h2-3,5H,6-7,10H2,1H3;;;. The van der Waals surface area contributed by atoms with Gasteiger partial charge in [0.15, 0.2) is 0 Å². The molecular formula is C9H14BiNO. The first kappa shape index (κ1) is 10.1. The summed E-state index contributed by atoms with van der Waals surface area (Å²) >= 11 is 0.868. The van der Waals surface area contributed by atoms with Crippen LogP contribution in [0.2, 0.25) is 0 Å². The van der Waals surface area contributed by atoms with E-state index in [9.17, 15) is 0 Å². The van der Waals surface area contributed by atoms with Gasteiger partial charge >= 0.3 is 88.0 Å². The van der Waals surface area contributed by atoms with Crippen molar-refractivity contribution in [2.24, 2.45) is 5.73 Å². The predicted octanol–water partition coefficient (Wildman–Crippen LogP) is -0.450. The van der Waals surface area contributed by atoms with Gasteiger partial charge in [0, 0.05) is 0 Å². The third-order valence-electron chi connectivity index (χ3n) is 1.74. The number of rotatable bonds is 3. The third kappa shape index (κ3) is 2.51. The van der Waals surface area contributed by atoms with Gasteiger partial charge in [-0.1, -0.05) is 0 Å². The maximum absolute atomic E-state index is 5.54. The number of methoxy groups -OCH3 is 1. The van der Waals surface area contributed by atoms with E-state index in [0.29, 0.717) is 13.2 Å². The molecule has 0 radical (unpaired) electrons. The van der Waals surface area contributed by atoms with Gasteiger partial charge in [-0.05, 0) is 0 Å². The number of benzene rings is 1. The second kappa shape index (κ2) is 4.91. The summed E-state index contributed by atoms with van der Waals surface area (Å²) in [5.74, 6) is 0. The Morgan fingerprint density at radius 2 is 2.25 bits per heavy atom. The van der Waals surface area contributed by atoms with E-state index in [-0.39, 0.29) is 0 Å². The molecule has 0 fully saturated rings. The van der Waals surface area contributed by atoms with Crippen molar-refractivity contribution in [1.29, 1.82) is 0 Å². The summed E-state index contributed by atoms with van der Waals surface area (Å²) in [6.07, 6.45) is 0. The van der Waals surface area contributed by atoms with Gasteiger partial charge in [-0.15, -0.1) is 0 Å². The predicted molar refractivity (Wildman–Crippen MR) is 53.2 cm³/mol. The molecule has 0 heterocycles. The summed E-state index contributed by atoms with van der Waals surface area (Å²) in [7, 11) is 1.72. The monoisotopic (exact) mass is 361 g/mol. The minimum atomic E-state index is 0.613. The molecule has 1 aromatic rings. The summed E-state index contributed by atoms with van der Waals surface area (Å²) in [6.45, 7) is 1.32. The van der Waals surface area contributed by atoms with Crippen LogP contribution in [0, 0.1) is 0 Å². The van der Waals surface area contributed by atoms with Crippen LogP contribution in [0.3, 0.4) is 0 Å². The SMILES string of the molecule is COCc1cc(CN)cc[c]1[BiH2]. The normalized spacial score (nSPS) is 10.2. The van der Waals surface area contributed by atoms with Crippen LogP contribution >= 0.6 is 0 Å². The molecule has 1 rings (SSSR count). The number of nitrogens with two attached hydrogens (primary N) is 1. The Labute approximate surface area is 87.9 Å². The van der Waals surface area contributed by atoms with Crippen molar-refractivity contribution in [3.63, 3.8) is 0 Å². The van der Waals surface area contributed by atoms with Crippen LogP contribution < -0.4 is 9.01 Å². The van der Waals surface area contributed by atoms with Crippen LogP contribution in [-0.2, 0) is 17.9 Å². The van der Waals surface area contributed by atoms with Gasteiger partial charge < -0.3 is 0 Å². The van der Waals surface area contributed by atoms with Gasteiger partial charge in [0.2, 0.25) is 0 Å². The summed E-state index contributed by atoms with van der Waals surface area (Å²) in [4.78, 5) is 0. The van der Waals surface area contributed by atoms with E-state index < -0.39 is 0 Å². The molecule has 0 aliphatic carbocycles. The van der Waals surface area contributed by atoms with E-state index >= 15 is 0 Å². The first-order valence-electron chi connectivity index (χ1n) is 3.84. The van der Waals surface area contributed by atoms with Gasteiger partial charge in [-0.25, -0.2) is 0 Å². The van der Waals surface area contributed by atoms with Crippen molar-refractivity contribution >= 4 is 28.0 Å². The van der Waals surface area contributed by atoms with Crippen molar-refractivity contribution in [3.05, 3.63) is 29.3 Å². The van der Waals surface area contributed by atoms with Gasteiger partial charge in [-0.3, -0.25) is 0 Å². The van der Waals surface area contributed by atoms with Crippen molar-refractivity contribution in [2.45, 2.75) is 13.2 Å². The van der Waals surface area contributed by atoms with Crippen LogP contribution in [-0.4, -0.2) is 31.8 Å². The van der Waals surface area contributed by atoms with E-state index in [1.54, 1.807) is 7.11 Å². The first-order valence-corrected chi connectivity index (χ1v) is 6.08. The molecule has 0 aromatic heterocycles. The zero-order chi connectivity index (χ0) is 8.97. The number of hydrogen-bond donors (Lipinski definition) is 1. The van der Waals surface area contributed by atoms with Gasteiger partial charge in [0.05, 0.1) is 0 Å². The third-order valence-corrected chi connectivity index (χ3v) is 3.93. The molecule has 0 saturated heterocycles. The zero-order valence-corrected chi connectivity index (χ0v) is 11.7. The number of ether oxygens (including phenoxy) is 1. The van der Waals surface area contributed by atoms with Gasteiger partial charge in [0.25, 0.3) is 0 Å². The first-order chi connectivity index (χ1) is 5.77. The minimum absolute atomic E-state index is 0.613. The second-order valence-corrected chi connectivity index (χ2v) is 5.09. The van der Waals surface area contributed by atoms with Gasteiger partial charge in [-0.2, -0.15) is 0 Å². The van der Waals surface area contributed by atoms with Crippen LogP contribution in [0.15, 0.2) is 18.2 Å². The summed E-state index contributed by atoms with van der Waals surface area (Å²) < 4.78 is 6.52. The molecule has 0 saturated carbocycles. The molecule has 3 heteroatoms. The molecule has 0 spiro atoms. The van der Waals surface area contributed by atoms with Crippen molar-refractivity contribution in [1.82, 2.24) is 0 Å². The summed E-state index contributed by atoms with van der Waals surface area (Å²) in [5.41, 5.74) is 8.02. The quantitative estimate of drug-likeness (QED) is 0.741. The molecule has 0 aliphatic rings. The molecule has 0 unspecified atom stereocenters. The fourth-order valence-corrected chi connectivity index (χ4v) is 2.09. The molecule has 0 amide bonds. The molecule has 2 nitrogen and oxygen atoms in total. The van der Waals surface area contributed by atoms with E-state index in [1.807, 2.05) is 0 Å². The van der Waals surface area contributed by atoms with Crippen LogP contribution in [0.4, 0.5) is 0 Å². The number of hydrogen-bond acceptors (Lipinski definition) is 2. The molecule has 2 N–H and O–H groups in total. The zero-order valence-electron chi connectivity index (χ0n) is 7.21. The van der Waals surface area contributed by atoms with Crippen LogP contribution in [0.5, 0.6) is 0 Å². The fraction of sp³-hybridized carbons (Fsp3) is 0.333. The summed E-state index contributed by atoms with van der Waals surface area (Å²) in [5, 5.41) is 0. The maximum atomic E-state index is 5.54. The van der Waals surface area contributed by atoms with Gasteiger partial charge in [0.1, 0.15) is 0 Å². The Balaban J connectivity index is 2.91. The van der Waals surface area contributed by atoms with E-state index in [2.05, 4.69) is 18.2 Å². The fourth-order valence-electron chi connectivity index (χ4n) is 1.07. The molecule has 66 valence electrons.